The number of esters is 1. The molecule has 0 unspecified atom stereocenters. The molecule has 0 aliphatic rings. The van der Waals surface area contributed by atoms with Gasteiger partial charge in [0.15, 0.2) is 0 Å². The normalized spacial score (nSPS) is 10.2. The lowest BCUT2D eigenvalue weighted by atomic mass is 10.2. The molecule has 0 bridgehead atoms. The van der Waals surface area contributed by atoms with Crippen LogP contribution in [0.1, 0.15) is 22.2 Å². The Labute approximate surface area is 115 Å². The van der Waals surface area contributed by atoms with Crippen LogP contribution in [0.5, 0.6) is 5.88 Å². The quantitative estimate of drug-likeness (QED) is 0.850. The molecule has 0 aliphatic heterocycles. The standard InChI is InChI=1S/C13H14N2O3S/c1-2-17-13(16)10-6-12(15-7-11(10)14)18-8-9-4-3-5-19-9/h3-7H,2,8,14H2,1H3. The van der Waals surface area contributed by atoms with Gasteiger partial charge in [-0.05, 0) is 18.4 Å². The van der Waals surface area contributed by atoms with Crippen LogP contribution in [0.2, 0.25) is 0 Å². The van der Waals surface area contributed by atoms with Crippen LogP contribution in [0, 0.1) is 0 Å². The van der Waals surface area contributed by atoms with Crippen molar-refractivity contribution in [1.29, 1.82) is 0 Å². The second-order valence-electron chi connectivity index (χ2n) is 3.70. The van der Waals surface area contributed by atoms with E-state index in [-0.39, 0.29) is 11.3 Å². The third-order valence-electron chi connectivity index (χ3n) is 2.35. The molecule has 0 aliphatic carbocycles. The Balaban J connectivity index is 2.09. The zero-order chi connectivity index (χ0) is 13.7. The Morgan fingerprint density at radius 3 is 3.05 bits per heavy atom. The topological polar surface area (TPSA) is 74.4 Å². The van der Waals surface area contributed by atoms with Gasteiger partial charge >= 0.3 is 5.97 Å². The first-order valence-electron chi connectivity index (χ1n) is 5.78. The molecular formula is C13H14N2O3S. The molecule has 0 spiro atoms. The molecule has 0 amide bonds. The molecule has 2 heterocycles. The monoisotopic (exact) mass is 278 g/mol. The summed E-state index contributed by atoms with van der Waals surface area (Å²) in [6, 6.07) is 5.42. The Morgan fingerprint density at radius 2 is 2.37 bits per heavy atom. The molecule has 2 rings (SSSR count). The number of rotatable bonds is 5. The first kappa shape index (κ1) is 13.4. The van der Waals surface area contributed by atoms with Gasteiger partial charge in [0.25, 0.3) is 0 Å². The van der Waals surface area contributed by atoms with Crippen molar-refractivity contribution in [1.82, 2.24) is 4.98 Å². The fraction of sp³-hybridized carbons (Fsp3) is 0.231. The van der Waals surface area contributed by atoms with E-state index in [1.807, 2.05) is 17.5 Å². The number of carbonyl (C=O) groups excluding carboxylic acids is 1. The van der Waals surface area contributed by atoms with E-state index in [1.165, 1.54) is 12.3 Å². The van der Waals surface area contributed by atoms with Crippen LogP contribution < -0.4 is 10.5 Å². The average Bonchev–Trinajstić information content (AvgIpc) is 2.91. The van der Waals surface area contributed by atoms with Crippen molar-refractivity contribution >= 4 is 23.0 Å². The van der Waals surface area contributed by atoms with Crippen LogP contribution in [-0.2, 0) is 11.3 Å². The van der Waals surface area contributed by atoms with E-state index in [9.17, 15) is 4.79 Å². The van der Waals surface area contributed by atoms with E-state index >= 15 is 0 Å². The lowest BCUT2D eigenvalue weighted by Gasteiger charge is -2.08. The van der Waals surface area contributed by atoms with Crippen molar-refractivity contribution < 1.29 is 14.3 Å². The van der Waals surface area contributed by atoms with Crippen LogP contribution in [-0.4, -0.2) is 17.6 Å². The molecule has 0 saturated carbocycles. The number of carbonyl (C=O) groups is 1. The smallest absolute Gasteiger partial charge is 0.340 e. The third kappa shape index (κ3) is 3.45. The maximum Gasteiger partial charge on any atom is 0.340 e. The summed E-state index contributed by atoms with van der Waals surface area (Å²) in [7, 11) is 0. The summed E-state index contributed by atoms with van der Waals surface area (Å²) in [5, 5.41) is 1.97. The summed E-state index contributed by atoms with van der Waals surface area (Å²) in [5.74, 6) is -0.117. The molecule has 0 fully saturated rings. The number of nitrogen functional groups attached to an aromatic ring is 1. The summed E-state index contributed by atoms with van der Waals surface area (Å²) < 4.78 is 10.4. The number of nitrogens with zero attached hydrogens (tertiary/aromatic N) is 1. The number of hydrogen-bond donors (Lipinski definition) is 1. The Kier molecular flexibility index (Phi) is 4.35. The first-order valence-corrected chi connectivity index (χ1v) is 6.66. The van der Waals surface area contributed by atoms with E-state index in [4.69, 9.17) is 15.2 Å². The molecule has 2 N–H and O–H groups in total. The van der Waals surface area contributed by atoms with Gasteiger partial charge in [0, 0.05) is 10.9 Å². The fourth-order valence-electron chi connectivity index (χ4n) is 1.45. The molecular weight excluding hydrogens is 264 g/mol. The Morgan fingerprint density at radius 1 is 1.53 bits per heavy atom. The average molecular weight is 278 g/mol. The van der Waals surface area contributed by atoms with Gasteiger partial charge in [-0.15, -0.1) is 11.3 Å². The van der Waals surface area contributed by atoms with E-state index < -0.39 is 5.97 Å². The Bertz CT molecular complexity index is 555. The molecule has 5 nitrogen and oxygen atoms in total. The molecule has 0 atom stereocenters. The highest BCUT2D eigenvalue weighted by molar-refractivity contribution is 7.09. The maximum absolute atomic E-state index is 11.7. The predicted molar refractivity (Wildman–Crippen MR) is 73.3 cm³/mol. The van der Waals surface area contributed by atoms with Crippen LogP contribution in [0.3, 0.4) is 0 Å². The molecule has 19 heavy (non-hydrogen) atoms. The Hall–Kier alpha value is -2.08. The minimum absolute atomic E-state index is 0.276. The summed E-state index contributed by atoms with van der Waals surface area (Å²) in [6.45, 7) is 2.45. The van der Waals surface area contributed by atoms with Gasteiger partial charge in [-0.1, -0.05) is 6.07 Å². The van der Waals surface area contributed by atoms with Crippen molar-refractivity contribution in [2.75, 3.05) is 12.3 Å². The third-order valence-corrected chi connectivity index (χ3v) is 3.20. The number of anilines is 1. The van der Waals surface area contributed by atoms with Gasteiger partial charge < -0.3 is 15.2 Å². The van der Waals surface area contributed by atoms with E-state index in [0.717, 1.165) is 4.88 Å². The number of nitrogens with two attached hydrogens (primary N) is 1. The van der Waals surface area contributed by atoms with Gasteiger partial charge in [0.2, 0.25) is 5.88 Å². The highest BCUT2D eigenvalue weighted by Gasteiger charge is 2.13. The number of ether oxygens (including phenoxy) is 2. The van der Waals surface area contributed by atoms with Crippen LogP contribution >= 0.6 is 11.3 Å². The summed E-state index contributed by atoms with van der Waals surface area (Å²) in [5.41, 5.74) is 6.25. The zero-order valence-electron chi connectivity index (χ0n) is 10.5. The second kappa shape index (κ2) is 6.19. The molecule has 6 heteroatoms. The SMILES string of the molecule is CCOC(=O)c1cc(OCc2cccs2)ncc1N. The molecule has 0 radical (unpaired) electrons. The highest BCUT2D eigenvalue weighted by Crippen LogP contribution is 2.19. The molecule has 100 valence electrons. The number of hydrogen-bond acceptors (Lipinski definition) is 6. The van der Waals surface area contributed by atoms with E-state index in [1.54, 1.807) is 18.3 Å². The summed E-state index contributed by atoms with van der Waals surface area (Å²) in [4.78, 5) is 16.8. The van der Waals surface area contributed by atoms with Crippen LogP contribution in [0.15, 0.2) is 29.8 Å². The van der Waals surface area contributed by atoms with Crippen molar-refractivity contribution in [3.8, 4) is 5.88 Å². The second-order valence-corrected chi connectivity index (χ2v) is 4.73. The minimum Gasteiger partial charge on any atom is -0.472 e. The van der Waals surface area contributed by atoms with Gasteiger partial charge in [-0.25, -0.2) is 9.78 Å². The lowest BCUT2D eigenvalue weighted by Crippen LogP contribution is -2.09. The van der Waals surface area contributed by atoms with E-state index in [0.29, 0.717) is 19.1 Å². The summed E-state index contributed by atoms with van der Waals surface area (Å²) >= 11 is 1.59. The molecule has 2 aromatic rings. The van der Waals surface area contributed by atoms with E-state index in [2.05, 4.69) is 4.98 Å². The number of thiophene rings is 1. The molecule has 0 saturated heterocycles. The molecule has 0 aromatic carbocycles. The molecule has 2 aromatic heterocycles. The van der Waals surface area contributed by atoms with Crippen LogP contribution in [0.4, 0.5) is 5.69 Å². The first-order chi connectivity index (χ1) is 9.20. The minimum atomic E-state index is -0.469. The highest BCUT2D eigenvalue weighted by atomic mass is 32.1. The van der Waals surface area contributed by atoms with Crippen molar-refractivity contribution in [2.45, 2.75) is 13.5 Å². The van der Waals surface area contributed by atoms with Crippen LogP contribution in [0.25, 0.3) is 0 Å². The lowest BCUT2D eigenvalue weighted by molar-refractivity contribution is 0.0527. The fourth-order valence-corrected chi connectivity index (χ4v) is 2.07. The van der Waals surface area contributed by atoms with Crippen molar-refractivity contribution in [3.05, 3.63) is 40.2 Å². The van der Waals surface area contributed by atoms with Gasteiger partial charge in [0.1, 0.15) is 6.61 Å². The number of pyridine rings is 1. The van der Waals surface area contributed by atoms with Crippen molar-refractivity contribution in [3.63, 3.8) is 0 Å². The van der Waals surface area contributed by atoms with Gasteiger partial charge in [0.05, 0.1) is 24.1 Å². The largest absolute Gasteiger partial charge is 0.472 e. The number of aromatic nitrogens is 1. The van der Waals surface area contributed by atoms with Crippen molar-refractivity contribution in [2.24, 2.45) is 0 Å². The van der Waals surface area contributed by atoms with Gasteiger partial charge in [-0.3, -0.25) is 0 Å². The van der Waals surface area contributed by atoms with Gasteiger partial charge in [-0.2, -0.15) is 0 Å². The maximum atomic E-state index is 11.7. The zero-order valence-corrected chi connectivity index (χ0v) is 11.3. The predicted octanol–water partition coefficient (Wildman–Crippen LogP) is 2.48. The summed E-state index contributed by atoms with van der Waals surface area (Å²) in [6.07, 6.45) is 1.40.